The third-order valence-electron chi connectivity index (χ3n) is 4.40. The first-order chi connectivity index (χ1) is 12.1. The molecule has 0 saturated heterocycles. The number of nitrogens with zero attached hydrogens (tertiary/aromatic N) is 3. The van der Waals surface area contributed by atoms with Crippen molar-refractivity contribution in [2.24, 2.45) is 0 Å². The number of fused-ring (bicyclic) bond motifs is 1. The predicted octanol–water partition coefficient (Wildman–Crippen LogP) is 4.98. The Labute approximate surface area is 154 Å². The van der Waals surface area contributed by atoms with Crippen molar-refractivity contribution in [3.05, 3.63) is 52.2 Å². The minimum Gasteiger partial charge on any atom is -0.356 e. The monoisotopic (exact) mass is 379 g/mol. The SMILES string of the molecule is Fc1cc(-c2nc3c(c(N4CCC=CCC4)n2)CSC3)c(F)cc1Cl. The average Bonchev–Trinajstić information content (AvgIpc) is 2.90. The molecule has 0 amide bonds. The van der Waals surface area contributed by atoms with Gasteiger partial charge in [0.15, 0.2) is 5.82 Å². The van der Waals surface area contributed by atoms with Gasteiger partial charge in [0, 0.05) is 30.2 Å². The highest BCUT2D eigenvalue weighted by molar-refractivity contribution is 7.98. The van der Waals surface area contributed by atoms with Gasteiger partial charge >= 0.3 is 0 Å². The molecule has 0 bridgehead atoms. The van der Waals surface area contributed by atoms with Gasteiger partial charge in [-0.15, -0.1) is 0 Å². The summed E-state index contributed by atoms with van der Waals surface area (Å²) in [5.74, 6) is 1.41. The van der Waals surface area contributed by atoms with Crippen LogP contribution in [0.5, 0.6) is 0 Å². The third kappa shape index (κ3) is 3.25. The van der Waals surface area contributed by atoms with Gasteiger partial charge in [-0.2, -0.15) is 11.8 Å². The first-order valence-corrected chi connectivity index (χ1v) is 9.69. The molecule has 4 rings (SSSR count). The fourth-order valence-electron chi connectivity index (χ4n) is 3.13. The lowest BCUT2D eigenvalue weighted by Gasteiger charge is -2.24. The summed E-state index contributed by atoms with van der Waals surface area (Å²) in [5.41, 5.74) is 2.08. The molecule has 2 aliphatic heterocycles. The standard InChI is InChI=1S/C18H16ClF2N3S/c19-13-8-14(20)11(7-15(13)21)17-22-16-10-25-9-12(16)18(23-17)24-5-3-1-2-4-6-24/h1-2,7-8H,3-6,9-10H2. The lowest BCUT2D eigenvalue weighted by atomic mass is 10.1. The Hall–Kier alpha value is -1.66. The van der Waals surface area contributed by atoms with Crippen molar-refractivity contribution >= 4 is 29.2 Å². The van der Waals surface area contributed by atoms with E-state index in [1.54, 1.807) is 11.8 Å². The molecule has 0 atom stereocenters. The van der Waals surface area contributed by atoms with E-state index in [0.29, 0.717) is 0 Å². The molecule has 2 aliphatic rings. The van der Waals surface area contributed by atoms with E-state index in [1.165, 1.54) is 0 Å². The zero-order valence-corrected chi connectivity index (χ0v) is 15.0. The van der Waals surface area contributed by atoms with Crippen LogP contribution in [0.1, 0.15) is 24.1 Å². The molecule has 3 heterocycles. The fraction of sp³-hybridized carbons (Fsp3) is 0.333. The van der Waals surface area contributed by atoms with E-state index in [2.05, 4.69) is 27.0 Å². The molecule has 0 N–H and O–H groups in total. The van der Waals surface area contributed by atoms with Crippen molar-refractivity contribution < 1.29 is 8.78 Å². The van der Waals surface area contributed by atoms with Crippen LogP contribution in [0.15, 0.2) is 24.3 Å². The molecule has 2 aromatic rings. The van der Waals surface area contributed by atoms with Gasteiger partial charge in [0.2, 0.25) is 0 Å². The third-order valence-corrected chi connectivity index (χ3v) is 5.66. The number of anilines is 1. The van der Waals surface area contributed by atoms with Gasteiger partial charge in [0.05, 0.1) is 16.3 Å². The van der Waals surface area contributed by atoms with Gasteiger partial charge < -0.3 is 4.90 Å². The Balaban J connectivity index is 1.82. The summed E-state index contributed by atoms with van der Waals surface area (Å²) in [6, 6.07) is 2.06. The van der Waals surface area contributed by atoms with E-state index in [1.807, 2.05) is 0 Å². The van der Waals surface area contributed by atoms with Crippen molar-refractivity contribution in [1.82, 2.24) is 9.97 Å². The number of hydrogen-bond acceptors (Lipinski definition) is 4. The largest absolute Gasteiger partial charge is 0.356 e. The van der Waals surface area contributed by atoms with E-state index < -0.39 is 11.6 Å². The summed E-state index contributed by atoms with van der Waals surface area (Å²) < 4.78 is 28.2. The van der Waals surface area contributed by atoms with Crippen LogP contribution in [0, 0.1) is 11.6 Å². The molecule has 7 heteroatoms. The van der Waals surface area contributed by atoms with E-state index >= 15 is 0 Å². The van der Waals surface area contributed by atoms with Crippen molar-refractivity contribution in [2.45, 2.75) is 24.3 Å². The number of aromatic nitrogens is 2. The van der Waals surface area contributed by atoms with Crippen molar-refractivity contribution in [1.29, 1.82) is 0 Å². The molecule has 0 saturated carbocycles. The maximum atomic E-state index is 14.3. The van der Waals surface area contributed by atoms with E-state index in [0.717, 1.165) is 66.6 Å². The first-order valence-electron chi connectivity index (χ1n) is 8.16. The average molecular weight is 380 g/mol. The maximum Gasteiger partial charge on any atom is 0.164 e. The zero-order chi connectivity index (χ0) is 17.4. The second kappa shape index (κ2) is 6.92. The molecule has 0 fully saturated rings. The van der Waals surface area contributed by atoms with Gasteiger partial charge in [-0.1, -0.05) is 23.8 Å². The van der Waals surface area contributed by atoms with Crippen molar-refractivity contribution in [2.75, 3.05) is 18.0 Å². The van der Waals surface area contributed by atoms with Crippen LogP contribution in [0.25, 0.3) is 11.4 Å². The molecule has 0 radical (unpaired) electrons. The molecular formula is C18H16ClF2N3S. The Morgan fingerprint density at radius 3 is 2.52 bits per heavy atom. The number of thioether (sulfide) groups is 1. The summed E-state index contributed by atoms with van der Waals surface area (Å²) >= 11 is 7.43. The van der Waals surface area contributed by atoms with E-state index in [4.69, 9.17) is 11.6 Å². The Kier molecular flexibility index (Phi) is 4.65. The smallest absolute Gasteiger partial charge is 0.164 e. The van der Waals surface area contributed by atoms with Crippen LogP contribution >= 0.6 is 23.4 Å². The molecule has 3 nitrogen and oxygen atoms in total. The van der Waals surface area contributed by atoms with E-state index in [9.17, 15) is 8.78 Å². The Morgan fingerprint density at radius 2 is 1.76 bits per heavy atom. The zero-order valence-electron chi connectivity index (χ0n) is 13.4. The summed E-state index contributed by atoms with van der Waals surface area (Å²) in [4.78, 5) is 11.4. The highest BCUT2D eigenvalue weighted by Gasteiger charge is 2.25. The van der Waals surface area contributed by atoms with Gasteiger partial charge in [0.25, 0.3) is 0 Å². The summed E-state index contributed by atoms with van der Waals surface area (Å²) in [7, 11) is 0. The van der Waals surface area contributed by atoms with Crippen LogP contribution in [0.4, 0.5) is 14.6 Å². The molecular weight excluding hydrogens is 364 g/mol. The highest BCUT2D eigenvalue weighted by atomic mass is 35.5. The normalized spacial score (nSPS) is 16.8. The quantitative estimate of drug-likeness (QED) is 0.543. The lowest BCUT2D eigenvalue weighted by Crippen LogP contribution is -2.27. The van der Waals surface area contributed by atoms with E-state index in [-0.39, 0.29) is 16.4 Å². The second-order valence-electron chi connectivity index (χ2n) is 6.07. The summed E-state index contributed by atoms with van der Waals surface area (Å²) in [5, 5.41) is -0.239. The first kappa shape index (κ1) is 16.8. The maximum absolute atomic E-state index is 14.3. The number of hydrogen-bond donors (Lipinski definition) is 0. The number of halogens is 3. The number of benzene rings is 1. The molecule has 0 unspecified atom stereocenters. The molecule has 1 aromatic carbocycles. The van der Waals surface area contributed by atoms with Crippen molar-refractivity contribution in [3.8, 4) is 11.4 Å². The summed E-state index contributed by atoms with van der Waals surface area (Å²) in [6.45, 7) is 1.73. The Bertz CT molecular complexity index is 847. The fourth-order valence-corrected chi connectivity index (χ4v) is 4.31. The van der Waals surface area contributed by atoms with Gasteiger partial charge in [-0.3, -0.25) is 0 Å². The van der Waals surface area contributed by atoms with Crippen LogP contribution in [-0.2, 0) is 11.5 Å². The van der Waals surface area contributed by atoms with Gasteiger partial charge in [-0.05, 0) is 25.0 Å². The van der Waals surface area contributed by atoms with Gasteiger partial charge in [0.1, 0.15) is 17.5 Å². The van der Waals surface area contributed by atoms with Crippen LogP contribution in [0.3, 0.4) is 0 Å². The van der Waals surface area contributed by atoms with Crippen LogP contribution < -0.4 is 4.90 Å². The summed E-state index contributed by atoms with van der Waals surface area (Å²) in [6.07, 6.45) is 6.24. The minimum atomic E-state index is -0.669. The number of rotatable bonds is 2. The van der Waals surface area contributed by atoms with Crippen LogP contribution in [0.2, 0.25) is 5.02 Å². The topological polar surface area (TPSA) is 29.0 Å². The minimum absolute atomic E-state index is 0.0517. The molecule has 0 spiro atoms. The second-order valence-corrected chi connectivity index (χ2v) is 7.46. The van der Waals surface area contributed by atoms with Gasteiger partial charge in [-0.25, -0.2) is 18.7 Å². The Morgan fingerprint density at radius 1 is 1.00 bits per heavy atom. The molecule has 1 aromatic heterocycles. The molecule has 0 aliphatic carbocycles. The predicted molar refractivity (Wildman–Crippen MR) is 98.0 cm³/mol. The molecule has 25 heavy (non-hydrogen) atoms. The van der Waals surface area contributed by atoms with Crippen molar-refractivity contribution in [3.63, 3.8) is 0 Å². The lowest BCUT2D eigenvalue weighted by molar-refractivity contribution is 0.602. The molecule has 130 valence electrons. The van der Waals surface area contributed by atoms with Crippen LogP contribution in [-0.4, -0.2) is 23.1 Å². The highest BCUT2D eigenvalue weighted by Crippen LogP contribution is 2.37.